The molecular formula is C13H9ClIN6P. The first-order valence-electron chi connectivity index (χ1n) is 6.36. The van der Waals surface area contributed by atoms with Crippen molar-refractivity contribution < 1.29 is 0 Å². The number of hydrogen-bond acceptors (Lipinski definition) is 5. The monoisotopic (exact) mass is 442 g/mol. The largest absolute Gasteiger partial charge is 0.226 e. The minimum absolute atomic E-state index is 0.188. The molecule has 0 aliphatic heterocycles. The average molecular weight is 443 g/mol. The van der Waals surface area contributed by atoms with Crippen LogP contribution in [0.2, 0.25) is 5.28 Å². The molecule has 3 rings (SSSR count). The van der Waals surface area contributed by atoms with Crippen LogP contribution in [0.4, 0.5) is 0 Å². The Hall–Kier alpha value is -1.36. The summed E-state index contributed by atoms with van der Waals surface area (Å²) in [4.78, 5) is 12.7. The molecule has 0 aliphatic rings. The van der Waals surface area contributed by atoms with Gasteiger partial charge in [-0.25, -0.2) is 19.4 Å². The van der Waals surface area contributed by atoms with Gasteiger partial charge >= 0.3 is 0 Å². The van der Waals surface area contributed by atoms with Crippen LogP contribution in [0.3, 0.4) is 0 Å². The highest BCUT2D eigenvalue weighted by Crippen LogP contribution is 2.34. The van der Waals surface area contributed by atoms with Crippen molar-refractivity contribution in [3.63, 3.8) is 0 Å². The van der Waals surface area contributed by atoms with Crippen molar-refractivity contribution in [3.05, 3.63) is 34.9 Å². The fraction of sp³-hybridized carbons (Fsp3) is 0.154. The molecule has 9 heteroatoms. The molecule has 0 saturated heterocycles. The Morgan fingerprint density at radius 3 is 2.86 bits per heavy atom. The van der Waals surface area contributed by atoms with Crippen LogP contribution < -0.4 is 0 Å². The summed E-state index contributed by atoms with van der Waals surface area (Å²) in [6, 6.07) is 5.59. The van der Waals surface area contributed by atoms with Gasteiger partial charge in [0.2, 0.25) is 5.28 Å². The lowest BCUT2D eigenvalue weighted by molar-refractivity contribution is 0.998. The average Bonchev–Trinajstić information content (AvgIpc) is 2.92. The van der Waals surface area contributed by atoms with E-state index in [2.05, 4.69) is 48.2 Å². The summed E-state index contributed by atoms with van der Waals surface area (Å²) in [6.45, 7) is 2.03. The molecule has 1 unspecified atom stereocenters. The number of nitrogens with zero attached hydrogens (tertiary/aromatic N) is 6. The third-order valence-electron chi connectivity index (χ3n) is 3.17. The Morgan fingerprint density at radius 2 is 2.18 bits per heavy atom. The lowest BCUT2D eigenvalue weighted by Gasteiger charge is -2.04. The maximum atomic E-state index is 9.02. The molecule has 3 aromatic rings. The quantitative estimate of drug-likeness (QED) is 0.350. The fourth-order valence-electron chi connectivity index (χ4n) is 2.14. The number of aromatic nitrogens is 5. The predicted octanol–water partition coefficient (Wildman–Crippen LogP) is 3.77. The molecule has 3 heterocycles. The summed E-state index contributed by atoms with van der Waals surface area (Å²) in [6.07, 6.45) is 2.87. The number of fused-ring (bicyclic) bond motifs is 1. The van der Waals surface area contributed by atoms with E-state index in [1.54, 1.807) is 16.7 Å². The maximum Gasteiger partial charge on any atom is 0.222 e. The highest BCUT2D eigenvalue weighted by atomic mass is 127. The third-order valence-corrected chi connectivity index (χ3v) is 5.19. The summed E-state index contributed by atoms with van der Waals surface area (Å²) >= 11 is 8.18. The second-order valence-corrected chi connectivity index (χ2v) is 6.77. The van der Waals surface area contributed by atoms with Gasteiger partial charge in [-0.05, 0) is 57.8 Å². The molecular weight excluding hydrogens is 434 g/mol. The summed E-state index contributed by atoms with van der Waals surface area (Å²) in [5, 5.41) is 14.7. The number of pyridine rings is 1. The van der Waals surface area contributed by atoms with Crippen LogP contribution in [0, 0.1) is 11.3 Å². The summed E-state index contributed by atoms with van der Waals surface area (Å²) in [5.41, 5.74) is 3.45. The van der Waals surface area contributed by atoms with Crippen molar-refractivity contribution in [1.29, 1.82) is 5.26 Å². The van der Waals surface area contributed by atoms with Gasteiger partial charge in [0.15, 0.2) is 5.65 Å². The van der Waals surface area contributed by atoms with Gasteiger partial charge in [0.25, 0.3) is 0 Å². The molecule has 3 aromatic heterocycles. The highest BCUT2D eigenvalue weighted by Gasteiger charge is 2.18. The van der Waals surface area contributed by atoms with Gasteiger partial charge < -0.3 is 0 Å². The number of nitriles is 1. The van der Waals surface area contributed by atoms with Crippen molar-refractivity contribution in [2.75, 3.05) is 0 Å². The predicted molar refractivity (Wildman–Crippen MR) is 95.4 cm³/mol. The van der Waals surface area contributed by atoms with Gasteiger partial charge in [-0.15, -0.1) is 0 Å². The molecule has 0 aromatic carbocycles. The molecule has 0 radical (unpaired) electrons. The van der Waals surface area contributed by atoms with Gasteiger partial charge in [0, 0.05) is 11.6 Å². The Bertz CT molecular complexity index is 903. The molecule has 0 saturated carbocycles. The molecule has 6 nitrogen and oxygen atoms in total. The number of hydrogen-bond donors (Lipinski definition) is 0. The molecule has 0 aliphatic carbocycles. The number of halogens is 2. The van der Waals surface area contributed by atoms with Crippen LogP contribution in [-0.2, 0) is 6.42 Å². The van der Waals surface area contributed by atoms with E-state index in [9.17, 15) is 0 Å². The lowest BCUT2D eigenvalue weighted by Crippen LogP contribution is -1.96. The first kappa shape index (κ1) is 15.5. The van der Waals surface area contributed by atoms with Gasteiger partial charge in [0.05, 0.1) is 12.1 Å². The van der Waals surface area contributed by atoms with Crippen LogP contribution in [-0.4, -0.2) is 24.5 Å². The zero-order valence-electron chi connectivity index (χ0n) is 11.4. The van der Waals surface area contributed by atoms with Crippen LogP contribution in [0.15, 0.2) is 18.3 Å². The van der Waals surface area contributed by atoms with Crippen molar-refractivity contribution in [2.45, 2.75) is 13.3 Å². The number of rotatable bonds is 3. The second-order valence-electron chi connectivity index (χ2n) is 4.39. The van der Waals surface area contributed by atoms with Crippen LogP contribution in [0.5, 0.6) is 0 Å². The van der Waals surface area contributed by atoms with Crippen LogP contribution in [0.1, 0.15) is 18.2 Å². The van der Waals surface area contributed by atoms with E-state index in [1.807, 2.05) is 13.0 Å². The molecule has 0 spiro atoms. The smallest absolute Gasteiger partial charge is 0.222 e. The van der Waals surface area contributed by atoms with Crippen molar-refractivity contribution in [1.82, 2.24) is 24.5 Å². The molecule has 110 valence electrons. The Balaban J connectivity index is 2.33. The van der Waals surface area contributed by atoms with Gasteiger partial charge in [-0.1, -0.05) is 6.92 Å². The highest BCUT2D eigenvalue weighted by molar-refractivity contribution is 14.2. The zero-order chi connectivity index (χ0) is 15.7. The molecule has 1 atom stereocenters. The van der Waals surface area contributed by atoms with E-state index in [0.29, 0.717) is 23.4 Å². The van der Waals surface area contributed by atoms with E-state index in [4.69, 9.17) is 16.9 Å². The van der Waals surface area contributed by atoms with E-state index in [0.717, 1.165) is 23.1 Å². The first-order valence-corrected chi connectivity index (χ1v) is 10.8. The summed E-state index contributed by atoms with van der Waals surface area (Å²) < 4.78 is 1.78. The molecule has 0 N–H and O–H groups in total. The fourth-order valence-corrected chi connectivity index (χ4v) is 3.67. The third kappa shape index (κ3) is 2.67. The minimum Gasteiger partial charge on any atom is -0.226 e. The molecule has 0 bridgehead atoms. The molecule has 22 heavy (non-hydrogen) atoms. The zero-order valence-corrected chi connectivity index (χ0v) is 15.3. The van der Waals surface area contributed by atoms with E-state index in [1.165, 1.54) is 0 Å². The first-order chi connectivity index (χ1) is 10.7. The molecule has 0 amide bonds. The van der Waals surface area contributed by atoms with E-state index in [-0.39, 0.29) is 5.28 Å². The summed E-state index contributed by atoms with van der Waals surface area (Å²) in [5.74, 6) is 0. The number of aryl methyl sites for hydroxylation is 1. The Labute approximate surface area is 146 Å². The van der Waals surface area contributed by atoms with Gasteiger partial charge in [0.1, 0.15) is 17.5 Å². The van der Waals surface area contributed by atoms with Crippen molar-refractivity contribution in [3.8, 4) is 17.5 Å². The van der Waals surface area contributed by atoms with Gasteiger partial charge in [-0.2, -0.15) is 10.4 Å². The topological polar surface area (TPSA) is 80.3 Å². The SMILES string of the molecule is CCc1cnc(Cl)nc1-c1nn(PI)c2nc(C#N)ccc12. The summed E-state index contributed by atoms with van der Waals surface area (Å²) in [7, 11) is 0. The standard InChI is InChI=1S/C13H9ClIN6P/c1-2-7-6-17-13(14)19-10(7)11-9-4-3-8(5-16)18-12(9)21(20-11)22-15/h3-4,6,22H,2H2,1H3. The minimum atomic E-state index is 0.188. The lowest BCUT2D eigenvalue weighted by atomic mass is 10.1. The van der Waals surface area contributed by atoms with Crippen LogP contribution >= 0.6 is 40.0 Å². The second kappa shape index (κ2) is 6.41. The van der Waals surface area contributed by atoms with Crippen molar-refractivity contribution >= 4 is 51.0 Å². The van der Waals surface area contributed by atoms with Gasteiger partial charge in [-0.3, -0.25) is 0 Å². The normalized spacial score (nSPS) is 11.4. The van der Waals surface area contributed by atoms with E-state index < -0.39 is 0 Å². The Kier molecular flexibility index (Phi) is 4.52. The molecule has 0 fully saturated rings. The van der Waals surface area contributed by atoms with E-state index >= 15 is 0 Å². The van der Waals surface area contributed by atoms with Crippen molar-refractivity contribution in [2.24, 2.45) is 0 Å². The van der Waals surface area contributed by atoms with Crippen LogP contribution in [0.25, 0.3) is 22.4 Å². The maximum absolute atomic E-state index is 9.02. The Morgan fingerprint density at radius 1 is 1.36 bits per heavy atom.